The Morgan fingerprint density at radius 1 is 1.03 bits per heavy atom. The van der Waals surface area contributed by atoms with Crippen molar-refractivity contribution in [3.05, 3.63) is 83.7 Å². The minimum Gasteiger partial charge on any atom is -0.478 e. The molecule has 0 aliphatic rings. The summed E-state index contributed by atoms with van der Waals surface area (Å²) in [6.07, 6.45) is 1.01. The number of aromatic carboxylic acids is 1. The molecule has 0 spiro atoms. The van der Waals surface area contributed by atoms with Crippen molar-refractivity contribution in [1.82, 2.24) is 9.55 Å². The van der Waals surface area contributed by atoms with Crippen molar-refractivity contribution in [3.63, 3.8) is 0 Å². The zero-order valence-electron chi connectivity index (χ0n) is 16.9. The number of imidazole rings is 1. The van der Waals surface area contributed by atoms with Crippen molar-refractivity contribution in [2.75, 3.05) is 0 Å². The van der Waals surface area contributed by atoms with Gasteiger partial charge in [0.25, 0.3) is 0 Å². The predicted molar refractivity (Wildman–Crippen MR) is 117 cm³/mol. The molecule has 0 saturated carbocycles. The molecule has 0 aliphatic carbocycles. The number of para-hydroxylation sites is 2. The van der Waals surface area contributed by atoms with E-state index in [-0.39, 0.29) is 0 Å². The van der Waals surface area contributed by atoms with E-state index in [1.54, 1.807) is 12.1 Å². The van der Waals surface area contributed by atoms with Crippen LogP contribution in [0.3, 0.4) is 0 Å². The van der Waals surface area contributed by atoms with Crippen LogP contribution in [0.2, 0.25) is 0 Å². The molecule has 1 atom stereocenters. The minimum atomic E-state index is -0.913. The molecular formula is C25H24N2O2. The van der Waals surface area contributed by atoms with Gasteiger partial charge in [0.05, 0.1) is 16.6 Å². The molecule has 0 radical (unpaired) electrons. The van der Waals surface area contributed by atoms with Gasteiger partial charge in [-0.3, -0.25) is 4.57 Å². The third-order valence-corrected chi connectivity index (χ3v) is 5.56. The van der Waals surface area contributed by atoms with E-state index in [9.17, 15) is 9.90 Å². The Bertz CT molecular complexity index is 1210. The van der Waals surface area contributed by atoms with E-state index in [1.807, 2.05) is 43.3 Å². The topological polar surface area (TPSA) is 55.1 Å². The van der Waals surface area contributed by atoms with Crippen LogP contribution in [0.1, 0.15) is 47.9 Å². The number of carbonyl (C=O) groups is 1. The molecule has 146 valence electrons. The molecule has 0 saturated heterocycles. The molecule has 3 aromatic carbocycles. The summed E-state index contributed by atoms with van der Waals surface area (Å²) in [6.45, 7) is 6.40. The molecule has 0 fully saturated rings. The highest BCUT2D eigenvalue weighted by molar-refractivity contribution is 5.96. The molecule has 0 aliphatic heterocycles. The smallest absolute Gasteiger partial charge is 0.336 e. The summed E-state index contributed by atoms with van der Waals surface area (Å²) in [4.78, 5) is 16.5. The first-order chi connectivity index (χ1) is 14.0. The summed E-state index contributed by atoms with van der Waals surface area (Å²) in [6, 6.07) is 21.5. The fourth-order valence-corrected chi connectivity index (χ4v) is 3.82. The quantitative estimate of drug-likeness (QED) is 0.445. The van der Waals surface area contributed by atoms with Crippen LogP contribution in [0.4, 0.5) is 0 Å². The number of carboxylic acids is 1. The third kappa shape index (κ3) is 3.31. The standard InChI is InChI=1S/C25H24N2O2/c1-4-16(2)24-26-22-11-7-8-12-23(22)27(24)18-13-14-19(17(3)15-18)20-9-5-6-10-21(20)25(28)29/h5-16H,4H2,1-3H3,(H,28,29). The van der Waals surface area contributed by atoms with E-state index in [2.05, 4.69) is 36.6 Å². The average Bonchev–Trinajstić information content (AvgIpc) is 3.12. The van der Waals surface area contributed by atoms with E-state index in [1.165, 1.54) is 0 Å². The molecule has 29 heavy (non-hydrogen) atoms. The van der Waals surface area contributed by atoms with Crippen molar-refractivity contribution >= 4 is 17.0 Å². The number of nitrogens with zero attached hydrogens (tertiary/aromatic N) is 2. The van der Waals surface area contributed by atoms with Crippen LogP contribution in [0.5, 0.6) is 0 Å². The van der Waals surface area contributed by atoms with Crippen LogP contribution < -0.4 is 0 Å². The predicted octanol–water partition coefficient (Wildman–Crippen LogP) is 6.21. The highest BCUT2D eigenvalue weighted by Gasteiger charge is 2.18. The highest BCUT2D eigenvalue weighted by atomic mass is 16.4. The van der Waals surface area contributed by atoms with Crippen molar-refractivity contribution in [2.24, 2.45) is 0 Å². The Hall–Kier alpha value is -3.40. The van der Waals surface area contributed by atoms with Gasteiger partial charge in [-0.1, -0.05) is 50.2 Å². The van der Waals surface area contributed by atoms with Crippen LogP contribution in [-0.4, -0.2) is 20.6 Å². The van der Waals surface area contributed by atoms with Gasteiger partial charge < -0.3 is 5.11 Å². The third-order valence-electron chi connectivity index (χ3n) is 5.56. The Morgan fingerprint density at radius 2 is 1.76 bits per heavy atom. The minimum absolute atomic E-state index is 0.316. The number of carboxylic acid groups (broad SMARTS) is 1. The fraction of sp³-hybridized carbons (Fsp3) is 0.200. The van der Waals surface area contributed by atoms with E-state index in [0.29, 0.717) is 11.5 Å². The van der Waals surface area contributed by atoms with Gasteiger partial charge in [-0.15, -0.1) is 0 Å². The second kappa shape index (κ2) is 7.55. The Labute approximate surface area is 170 Å². The van der Waals surface area contributed by atoms with Gasteiger partial charge in [0.1, 0.15) is 5.82 Å². The van der Waals surface area contributed by atoms with Crippen molar-refractivity contribution < 1.29 is 9.90 Å². The number of rotatable bonds is 5. The maximum atomic E-state index is 11.6. The Kier molecular flexibility index (Phi) is 4.93. The molecule has 4 aromatic rings. The first-order valence-corrected chi connectivity index (χ1v) is 9.92. The lowest BCUT2D eigenvalue weighted by atomic mass is 9.95. The molecule has 1 aromatic heterocycles. The van der Waals surface area contributed by atoms with Gasteiger partial charge in [0, 0.05) is 11.6 Å². The molecule has 0 amide bonds. The maximum absolute atomic E-state index is 11.6. The number of fused-ring (bicyclic) bond motifs is 1. The van der Waals surface area contributed by atoms with Crippen LogP contribution in [0, 0.1) is 6.92 Å². The molecule has 0 bridgehead atoms. The molecule has 1 N–H and O–H groups in total. The molecule has 1 unspecified atom stereocenters. The summed E-state index contributed by atoms with van der Waals surface area (Å²) < 4.78 is 2.23. The summed E-state index contributed by atoms with van der Waals surface area (Å²) in [7, 11) is 0. The lowest BCUT2D eigenvalue weighted by molar-refractivity contribution is 0.0697. The van der Waals surface area contributed by atoms with Gasteiger partial charge in [-0.05, 0) is 60.4 Å². The lowest BCUT2D eigenvalue weighted by Crippen LogP contribution is -2.05. The van der Waals surface area contributed by atoms with Crippen molar-refractivity contribution in [2.45, 2.75) is 33.1 Å². The second-order valence-electron chi connectivity index (χ2n) is 7.45. The van der Waals surface area contributed by atoms with E-state index in [4.69, 9.17) is 4.98 Å². The van der Waals surface area contributed by atoms with E-state index in [0.717, 1.165) is 45.7 Å². The van der Waals surface area contributed by atoms with E-state index < -0.39 is 5.97 Å². The largest absolute Gasteiger partial charge is 0.478 e. The number of hydrogen-bond acceptors (Lipinski definition) is 2. The van der Waals surface area contributed by atoms with Crippen LogP contribution in [0.25, 0.3) is 27.8 Å². The van der Waals surface area contributed by atoms with Crippen LogP contribution >= 0.6 is 0 Å². The van der Waals surface area contributed by atoms with Crippen molar-refractivity contribution in [1.29, 1.82) is 0 Å². The zero-order valence-corrected chi connectivity index (χ0v) is 16.9. The monoisotopic (exact) mass is 384 g/mol. The van der Waals surface area contributed by atoms with Gasteiger partial charge in [0.2, 0.25) is 0 Å². The normalized spacial score (nSPS) is 12.2. The summed E-state index contributed by atoms with van der Waals surface area (Å²) in [5, 5.41) is 9.55. The number of aryl methyl sites for hydroxylation is 1. The average molecular weight is 384 g/mol. The molecule has 4 rings (SSSR count). The highest BCUT2D eigenvalue weighted by Crippen LogP contribution is 2.32. The Morgan fingerprint density at radius 3 is 2.48 bits per heavy atom. The van der Waals surface area contributed by atoms with Crippen molar-refractivity contribution in [3.8, 4) is 16.8 Å². The van der Waals surface area contributed by atoms with Crippen LogP contribution in [-0.2, 0) is 0 Å². The number of hydrogen-bond donors (Lipinski definition) is 1. The fourth-order valence-electron chi connectivity index (χ4n) is 3.82. The zero-order chi connectivity index (χ0) is 20.5. The van der Waals surface area contributed by atoms with E-state index >= 15 is 0 Å². The molecule has 4 heteroatoms. The van der Waals surface area contributed by atoms with Gasteiger partial charge in [0.15, 0.2) is 0 Å². The second-order valence-corrected chi connectivity index (χ2v) is 7.45. The SMILES string of the molecule is CCC(C)c1nc2ccccc2n1-c1ccc(-c2ccccc2C(=O)O)c(C)c1. The van der Waals surface area contributed by atoms with Gasteiger partial charge >= 0.3 is 5.97 Å². The number of benzene rings is 3. The van der Waals surface area contributed by atoms with Crippen LogP contribution in [0.15, 0.2) is 66.7 Å². The molecular weight excluding hydrogens is 360 g/mol. The maximum Gasteiger partial charge on any atom is 0.336 e. The molecule has 1 heterocycles. The Balaban J connectivity index is 1.90. The number of aromatic nitrogens is 2. The first kappa shape index (κ1) is 18.9. The van der Waals surface area contributed by atoms with Gasteiger partial charge in [-0.2, -0.15) is 0 Å². The summed E-state index contributed by atoms with van der Waals surface area (Å²) in [5.74, 6) is 0.464. The first-order valence-electron chi connectivity index (χ1n) is 9.92. The molecule has 4 nitrogen and oxygen atoms in total. The summed E-state index contributed by atoms with van der Waals surface area (Å²) >= 11 is 0. The lowest BCUT2D eigenvalue weighted by Gasteiger charge is -2.16. The summed E-state index contributed by atoms with van der Waals surface area (Å²) in [5.41, 5.74) is 6.13. The van der Waals surface area contributed by atoms with Gasteiger partial charge in [-0.25, -0.2) is 9.78 Å².